The van der Waals surface area contributed by atoms with Gasteiger partial charge in [0.25, 0.3) is 5.91 Å². The number of ether oxygens (including phenoxy) is 2. The monoisotopic (exact) mass is 295 g/mol. The Hall–Kier alpha value is -2.24. The summed E-state index contributed by atoms with van der Waals surface area (Å²) >= 11 is 0. The highest BCUT2D eigenvalue weighted by atomic mass is 16.5. The zero-order valence-electron chi connectivity index (χ0n) is 12.6. The predicted octanol–water partition coefficient (Wildman–Crippen LogP) is 1.57. The maximum atomic E-state index is 11.9. The van der Waals surface area contributed by atoms with Crippen LogP contribution in [0.15, 0.2) is 18.2 Å². The van der Waals surface area contributed by atoms with Crippen LogP contribution in [0.5, 0.6) is 11.5 Å². The van der Waals surface area contributed by atoms with Crippen molar-refractivity contribution < 1.29 is 24.2 Å². The molecule has 1 N–H and O–H groups in total. The number of rotatable bonds is 8. The highest BCUT2D eigenvalue weighted by Crippen LogP contribution is 2.28. The third kappa shape index (κ3) is 4.98. The van der Waals surface area contributed by atoms with Crippen LogP contribution < -0.4 is 9.47 Å². The SMILES string of the molecule is CCN(CC)C(=O)COc1ccc(CC(=O)O)cc1OC. The van der Waals surface area contributed by atoms with E-state index in [0.29, 0.717) is 30.2 Å². The molecule has 1 rings (SSSR count). The third-order valence-corrected chi connectivity index (χ3v) is 3.05. The van der Waals surface area contributed by atoms with E-state index in [1.807, 2.05) is 13.8 Å². The fourth-order valence-electron chi connectivity index (χ4n) is 1.92. The van der Waals surface area contributed by atoms with Gasteiger partial charge in [-0.25, -0.2) is 0 Å². The fraction of sp³-hybridized carbons (Fsp3) is 0.467. The molecule has 0 saturated heterocycles. The van der Waals surface area contributed by atoms with Crippen molar-refractivity contribution >= 4 is 11.9 Å². The summed E-state index contributed by atoms with van der Waals surface area (Å²) < 4.78 is 10.6. The third-order valence-electron chi connectivity index (χ3n) is 3.05. The van der Waals surface area contributed by atoms with Crippen LogP contribution in [-0.4, -0.2) is 48.7 Å². The molecule has 21 heavy (non-hydrogen) atoms. The standard InChI is InChI=1S/C15H21NO5/c1-4-16(5-2)14(17)10-21-12-7-6-11(9-15(18)19)8-13(12)20-3/h6-8H,4-5,9-10H2,1-3H3,(H,18,19). The summed E-state index contributed by atoms with van der Waals surface area (Å²) in [7, 11) is 1.47. The molecule has 0 spiro atoms. The predicted molar refractivity (Wildman–Crippen MR) is 77.8 cm³/mol. The van der Waals surface area contributed by atoms with E-state index in [9.17, 15) is 9.59 Å². The zero-order valence-corrected chi connectivity index (χ0v) is 12.6. The van der Waals surface area contributed by atoms with Crippen LogP contribution in [-0.2, 0) is 16.0 Å². The number of nitrogens with zero attached hydrogens (tertiary/aromatic N) is 1. The summed E-state index contributed by atoms with van der Waals surface area (Å²) in [5, 5.41) is 8.77. The molecule has 0 saturated carbocycles. The molecule has 1 aromatic rings. The van der Waals surface area contributed by atoms with Gasteiger partial charge in [-0.15, -0.1) is 0 Å². The van der Waals surface area contributed by atoms with E-state index in [4.69, 9.17) is 14.6 Å². The molecule has 0 unspecified atom stereocenters. The van der Waals surface area contributed by atoms with Crippen LogP contribution in [0.1, 0.15) is 19.4 Å². The van der Waals surface area contributed by atoms with Gasteiger partial charge in [-0.3, -0.25) is 9.59 Å². The molecule has 0 aliphatic carbocycles. The van der Waals surface area contributed by atoms with Crippen molar-refractivity contribution in [1.82, 2.24) is 4.90 Å². The number of likely N-dealkylation sites (N-methyl/N-ethyl adjacent to an activating group) is 1. The van der Waals surface area contributed by atoms with Crippen LogP contribution >= 0.6 is 0 Å². The number of hydrogen-bond donors (Lipinski definition) is 1. The molecule has 0 heterocycles. The first kappa shape index (κ1) is 16.8. The molecular weight excluding hydrogens is 274 g/mol. The summed E-state index contributed by atoms with van der Waals surface area (Å²) in [5.74, 6) is -0.174. The van der Waals surface area contributed by atoms with Gasteiger partial charge in [-0.05, 0) is 31.5 Å². The number of aliphatic carboxylic acids is 1. The smallest absolute Gasteiger partial charge is 0.307 e. The molecule has 0 radical (unpaired) electrons. The Kier molecular flexibility index (Phi) is 6.52. The largest absolute Gasteiger partial charge is 0.493 e. The average molecular weight is 295 g/mol. The van der Waals surface area contributed by atoms with E-state index in [0.717, 1.165) is 0 Å². The molecule has 0 atom stereocenters. The number of benzene rings is 1. The molecular formula is C15H21NO5. The molecule has 0 fully saturated rings. The highest BCUT2D eigenvalue weighted by Gasteiger charge is 2.13. The second-order valence-electron chi connectivity index (χ2n) is 4.41. The Morgan fingerprint density at radius 3 is 2.38 bits per heavy atom. The van der Waals surface area contributed by atoms with E-state index in [2.05, 4.69) is 0 Å². The fourth-order valence-corrected chi connectivity index (χ4v) is 1.92. The summed E-state index contributed by atoms with van der Waals surface area (Å²) in [4.78, 5) is 24.2. The van der Waals surface area contributed by atoms with Gasteiger partial charge >= 0.3 is 5.97 Å². The number of carbonyl (C=O) groups excluding carboxylic acids is 1. The summed E-state index contributed by atoms with van der Waals surface area (Å²) in [6, 6.07) is 4.87. The molecule has 1 aromatic carbocycles. The molecule has 6 nitrogen and oxygen atoms in total. The lowest BCUT2D eigenvalue weighted by molar-refractivity contribution is -0.136. The van der Waals surface area contributed by atoms with Gasteiger partial charge in [0.15, 0.2) is 18.1 Å². The summed E-state index contributed by atoms with van der Waals surface area (Å²) in [5.41, 5.74) is 0.613. The van der Waals surface area contributed by atoms with Crippen molar-refractivity contribution in [2.75, 3.05) is 26.8 Å². The van der Waals surface area contributed by atoms with Crippen LogP contribution in [0.25, 0.3) is 0 Å². The van der Waals surface area contributed by atoms with Crippen LogP contribution in [0.3, 0.4) is 0 Å². The number of methoxy groups -OCH3 is 1. The minimum atomic E-state index is -0.914. The highest BCUT2D eigenvalue weighted by molar-refractivity contribution is 5.77. The number of carbonyl (C=O) groups is 2. The zero-order chi connectivity index (χ0) is 15.8. The molecule has 1 amide bonds. The van der Waals surface area contributed by atoms with E-state index >= 15 is 0 Å². The first-order chi connectivity index (χ1) is 10.0. The first-order valence-corrected chi connectivity index (χ1v) is 6.81. The van der Waals surface area contributed by atoms with Gasteiger partial charge in [0.1, 0.15) is 0 Å². The first-order valence-electron chi connectivity index (χ1n) is 6.81. The van der Waals surface area contributed by atoms with Gasteiger partial charge in [0.05, 0.1) is 13.5 Å². The van der Waals surface area contributed by atoms with E-state index < -0.39 is 5.97 Å². The van der Waals surface area contributed by atoms with Gasteiger partial charge < -0.3 is 19.5 Å². The summed E-state index contributed by atoms with van der Waals surface area (Å²) in [6.07, 6.45) is -0.0883. The maximum Gasteiger partial charge on any atom is 0.307 e. The Labute approximate surface area is 124 Å². The number of carboxylic acids is 1. The van der Waals surface area contributed by atoms with Crippen molar-refractivity contribution in [2.45, 2.75) is 20.3 Å². The van der Waals surface area contributed by atoms with Crippen LogP contribution in [0.4, 0.5) is 0 Å². The Bertz CT molecular complexity index is 497. The number of carboxylic acid groups (broad SMARTS) is 1. The second kappa shape index (κ2) is 8.14. The molecule has 0 aromatic heterocycles. The van der Waals surface area contributed by atoms with Crippen molar-refractivity contribution in [3.63, 3.8) is 0 Å². The Balaban J connectivity index is 2.75. The normalized spacial score (nSPS) is 10.0. The Morgan fingerprint density at radius 1 is 1.19 bits per heavy atom. The maximum absolute atomic E-state index is 11.9. The van der Waals surface area contributed by atoms with E-state index in [1.54, 1.807) is 23.1 Å². The van der Waals surface area contributed by atoms with Crippen molar-refractivity contribution in [3.8, 4) is 11.5 Å². The molecule has 0 bridgehead atoms. The summed E-state index contributed by atoms with van der Waals surface area (Å²) in [6.45, 7) is 5.00. The minimum Gasteiger partial charge on any atom is -0.493 e. The molecule has 0 aliphatic heterocycles. The topological polar surface area (TPSA) is 76.1 Å². The quantitative estimate of drug-likeness (QED) is 0.788. The molecule has 6 heteroatoms. The number of hydrogen-bond acceptors (Lipinski definition) is 4. The van der Waals surface area contributed by atoms with Crippen LogP contribution in [0, 0.1) is 0 Å². The van der Waals surface area contributed by atoms with E-state index in [1.165, 1.54) is 7.11 Å². The Morgan fingerprint density at radius 2 is 1.86 bits per heavy atom. The lowest BCUT2D eigenvalue weighted by atomic mass is 10.1. The second-order valence-corrected chi connectivity index (χ2v) is 4.41. The van der Waals surface area contributed by atoms with E-state index in [-0.39, 0.29) is 18.9 Å². The lowest BCUT2D eigenvalue weighted by Gasteiger charge is -2.19. The van der Waals surface area contributed by atoms with Crippen molar-refractivity contribution in [1.29, 1.82) is 0 Å². The van der Waals surface area contributed by atoms with Gasteiger partial charge in [-0.1, -0.05) is 6.07 Å². The average Bonchev–Trinajstić information content (AvgIpc) is 2.46. The van der Waals surface area contributed by atoms with Gasteiger partial charge in [-0.2, -0.15) is 0 Å². The van der Waals surface area contributed by atoms with Crippen molar-refractivity contribution in [3.05, 3.63) is 23.8 Å². The lowest BCUT2D eigenvalue weighted by Crippen LogP contribution is -2.34. The van der Waals surface area contributed by atoms with Crippen LogP contribution in [0.2, 0.25) is 0 Å². The molecule has 116 valence electrons. The minimum absolute atomic E-state index is 0.0731. The van der Waals surface area contributed by atoms with Gasteiger partial charge in [0.2, 0.25) is 0 Å². The number of amides is 1. The van der Waals surface area contributed by atoms with Gasteiger partial charge in [0, 0.05) is 13.1 Å². The molecule has 0 aliphatic rings. The van der Waals surface area contributed by atoms with Crippen molar-refractivity contribution in [2.24, 2.45) is 0 Å².